The Kier molecular flexibility index (Phi) is 4.81. The van der Waals surface area contributed by atoms with Crippen molar-refractivity contribution in [3.63, 3.8) is 0 Å². The summed E-state index contributed by atoms with van der Waals surface area (Å²) in [4.78, 5) is 15.3. The van der Waals surface area contributed by atoms with Gasteiger partial charge in [-0.05, 0) is 37.8 Å². The number of hydrogen-bond donors (Lipinski definition) is 1. The van der Waals surface area contributed by atoms with Crippen LogP contribution in [0.2, 0.25) is 4.34 Å². The molecule has 22 heavy (non-hydrogen) atoms. The Morgan fingerprint density at radius 3 is 3.09 bits per heavy atom. The third-order valence-corrected chi connectivity index (χ3v) is 5.14. The fourth-order valence-electron chi connectivity index (χ4n) is 2.80. The van der Waals surface area contributed by atoms with Crippen LogP contribution < -0.4 is 0 Å². The fraction of sp³-hybridized carbons (Fsp3) is 0.467. The summed E-state index contributed by atoms with van der Waals surface area (Å²) in [7, 11) is 0. The van der Waals surface area contributed by atoms with Crippen molar-refractivity contribution in [1.82, 2.24) is 10.1 Å². The number of carbonyl (C=O) groups excluding carboxylic acids is 1. The first-order valence-electron chi connectivity index (χ1n) is 7.33. The van der Waals surface area contributed by atoms with Crippen LogP contribution in [0.5, 0.6) is 0 Å². The van der Waals surface area contributed by atoms with Crippen molar-refractivity contribution < 1.29 is 14.4 Å². The van der Waals surface area contributed by atoms with Gasteiger partial charge in [0.15, 0.2) is 11.5 Å². The maximum Gasteiger partial charge on any atom is 0.276 e. The lowest BCUT2D eigenvalue weighted by Crippen LogP contribution is -2.44. The molecule has 0 aliphatic carbocycles. The van der Waals surface area contributed by atoms with Gasteiger partial charge >= 0.3 is 0 Å². The lowest BCUT2D eigenvalue weighted by molar-refractivity contribution is 0.0564. The summed E-state index contributed by atoms with van der Waals surface area (Å²) >= 11 is 7.30. The number of halogens is 1. The molecule has 1 aliphatic rings. The third kappa shape index (κ3) is 3.19. The molecule has 1 atom stereocenters. The summed E-state index contributed by atoms with van der Waals surface area (Å²) in [6.45, 7) is 0.794. The van der Waals surface area contributed by atoms with Crippen LogP contribution in [0.4, 0.5) is 0 Å². The maximum absolute atomic E-state index is 12.6. The van der Waals surface area contributed by atoms with Crippen molar-refractivity contribution in [3.05, 3.63) is 28.2 Å². The number of aliphatic hydroxyl groups is 1. The first-order valence-corrected chi connectivity index (χ1v) is 8.52. The number of aromatic nitrogens is 1. The highest BCUT2D eigenvalue weighted by molar-refractivity contribution is 7.19. The first kappa shape index (κ1) is 15.5. The lowest BCUT2D eigenvalue weighted by Gasteiger charge is -2.34. The Morgan fingerprint density at radius 2 is 2.36 bits per heavy atom. The molecular formula is C15H17ClN2O3S. The molecule has 7 heteroatoms. The minimum atomic E-state index is -0.129. The van der Waals surface area contributed by atoms with Gasteiger partial charge in [-0.15, -0.1) is 11.3 Å². The smallest absolute Gasteiger partial charge is 0.276 e. The van der Waals surface area contributed by atoms with E-state index in [2.05, 4.69) is 5.16 Å². The Bertz CT molecular complexity index is 653. The van der Waals surface area contributed by atoms with Crippen LogP contribution in [0.15, 0.2) is 22.7 Å². The van der Waals surface area contributed by atoms with E-state index >= 15 is 0 Å². The minimum absolute atomic E-state index is 0.0857. The summed E-state index contributed by atoms with van der Waals surface area (Å²) in [5.41, 5.74) is 0.310. The molecule has 1 N–H and O–H groups in total. The van der Waals surface area contributed by atoms with Crippen LogP contribution in [0.25, 0.3) is 10.6 Å². The van der Waals surface area contributed by atoms with Crippen LogP contribution in [0, 0.1) is 0 Å². The van der Waals surface area contributed by atoms with Crippen molar-refractivity contribution in [2.45, 2.75) is 31.7 Å². The Balaban J connectivity index is 1.78. The fourth-order valence-corrected chi connectivity index (χ4v) is 3.79. The number of carbonyl (C=O) groups is 1. The number of hydrogen-bond acceptors (Lipinski definition) is 5. The molecule has 2 aromatic rings. The molecule has 2 aromatic heterocycles. The van der Waals surface area contributed by atoms with Crippen molar-refractivity contribution in [2.24, 2.45) is 0 Å². The van der Waals surface area contributed by atoms with Crippen molar-refractivity contribution in [2.75, 3.05) is 13.2 Å². The van der Waals surface area contributed by atoms with Gasteiger partial charge in [0.25, 0.3) is 5.91 Å². The Hall–Kier alpha value is -1.37. The predicted molar refractivity (Wildman–Crippen MR) is 85.2 cm³/mol. The molecule has 0 spiro atoms. The summed E-state index contributed by atoms with van der Waals surface area (Å²) in [6, 6.07) is 5.38. The van der Waals surface area contributed by atoms with Crippen LogP contribution in [0.3, 0.4) is 0 Å². The minimum Gasteiger partial charge on any atom is -0.396 e. The maximum atomic E-state index is 12.6. The van der Waals surface area contributed by atoms with Crippen LogP contribution in [-0.4, -0.2) is 40.3 Å². The molecule has 0 radical (unpaired) electrons. The summed E-state index contributed by atoms with van der Waals surface area (Å²) in [6.07, 6.45) is 3.61. The number of piperidine rings is 1. The summed E-state index contributed by atoms with van der Waals surface area (Å²) in [5, 5.41) is 13.1. The normalized spacial score (nSPS) is 18.6. The van der Waals surface area contributed by atoms with Crippen LogP contribution in [-0.2, 0) is 0 Å². The predicted octanol–water partition coefficient (Wildman–Crippen LogP) is 3.43. The van der Waals surface area contributed by atoms with Gasteiger partial charge in [0, 0.05) is 25.3 Å². The van der Waals surface area contributed by atoms with E-state index in [-0.39, 0.29) is 18.6 Å². The van der Waals surface area contributed by atoms with Gasteiger partial charge in [-0.2, -0.15) is 0 Å². The second-order valence-corrected chi connectivity index (χ2v) is 7.06. The average Bonchev–Trinajstić information content (AvgIpc) is 3.16. The van der Waals surface area contributed by atoms with Gasteiger partial charge in [-0.1, -0.05) is 16.8 Å². The van der Waals surface area contributed by atoms with Crippen molar-refractivity contribution >= 4 is 28.8 Å². The molecule has 0 bridgehead atoms. The van der Waals surface area contributed by atoms with E-state index in [0.717, 1.165) is 24.1 Å². The van der Waals surface area contributed by atoms with Gasteiger partial charge < -0.3 is 14.5 Å². The zero-order valence-corrected chi connectivity index (χ0v) is 13.6. The SMILES string of the molecule is O=C(c1cc(-c2ccc(Cl)s2)on1)N1CCCCC1CCO. The highest BCUT2D eigenvalue weighted by Gasteiger charge is 2.29. The molecule has 1 amide bonds. The second-order valence-electron chi connectivity index (χ2n) is 5.34. The highest BCUT2D eigenvalue weighted by atomic mass is 35.5. The number of nitrogens with zero attached hydrogens (tertiary/aromatic N) is 2. The second kappa shape index (κ2) is 6.81. The van der Waals surface area contributed by atoms with Gasteiger partial charge in [-0.3, -0.25) is 4.79 Å². The molecule has 118 valence electrons. The monoisotopic (exact) mass is 340 g/mol. The van der Waals surface area contributed by atoms with Gasteiger partial charge in [-0.25, -0.2) is 0 Å². The zero-order valence-electron chi connectivity index (χ0n) is 12.0. The number of amides is 1. The number of thiophene rings is 1. The van der Waals surface area contributed by atoms with E-state index in [1.54, 1.807) is 12.1 Å². The van der Waals surface area contributed by atoms with Crippen LogP contribution in [0.1, 0.15) is 36.2 Å². The van der Waals surface area contributed by atoms with E-state index in [4.69, 9.17) is 21.2 Å². The summed E-state index contributed by atoms with van der Waals surface area (Å²) in [5.74, 6) is 0.423. The average molecular weight is 341 g/mol. The topological polar surface area (TPSA) is 66.6 Å². The molecule has 1 fully saturated rings. The molecule has 1 saturated heterocycles. The number of likely N-dealkylation sites (tertiary alicyclic amines) is 1. The van der Waals surface area contributed by atoms with Gasteiger partial charge in [0.2, 0.25) is 0 Å². The van der Waals surface area contributed by atoms with Gasteiger partial charge in [0.05, 0.1) is 9.21 Å². The lowest BCUT2D eigenvalue weighted by atomic mass is 9.99. The molecule has 1 unspecified atom stereocenters. The molecule has 0 saturated carbocycles. The third-order valence-electron chi connectivity index (χ3n) is 3.90. The molecule has 1 aliphatic heterocycles. The quantitative estimate of drug-likeness (QED) is 0.925. The van der Waals surface area contributed by atoms with E-state index in [1.807, 2.05) is 11.0 Å². The molecule has 3 rings (SSSR count). The van der Waals surface area contributed by atoms with Crippen LogP contribution >= 0.6 is 22.9 Å². The Morgan fingerprint density at radius 1 is 1.50 bits per heavy atom. The van der Waals surface area contributed by atoms with Crippen molar-refractivity contribution in [1.29, 1.82) is 0 Å². The van der Waals surface area contributed by atoms with E-state index in [0.29, 0.717) is 28.8 Å². The molecule has 0 aromatic carbocycles. The van der Waals surface area contributed by atoms with Crippen molar-refractivity contribution in [3.8, 4) is 10.6 Å². The zero-order chi connectivity index (χ0) is 15.5. The standard InChI is InChI=1S/C15H17ClN2O3S/c16-14-5-4-13(22-14)12-9-11(17-21-12)15(20)18-7-2-1-3-10(18)6-8-19/h4-5,9-10,19H,1-3,6-8H2. The van der Waals surface area contributed by atoms with E-state index in [1.165, 1.54) is 11.3 Å². The number of rotatable bonds is 4. The first-order chi connectivity index (χ1) is 10.7. The largest absolute Gasteiger partial charge is 0.396 e. The van der Waals surface area contributed by atoms with Gasteiger partial charge in [0.1, 0.15) is 0 Å². The van der Waals surface area contributed by atoms with E-state index in [9.17, 15) is 4.79 Å². The highest BCUT2D eigenvalue weighted by Crippen LogP contribution is 2.32. The molecular weight excluding hydrogens is 324 g/mol. The van der Waals surface area contributed by atoms with E-state index < -0.39 is 0 Å². The molecule has 3 heterocycles. The molecule has 5 nitrogen and oxygen atoms in total. The number of aliphatic hydroxyl groups excluding tert-OH is 1. The summed E-state index contributed by atoms with van der Waals surface area (Å²) < 4.78 is 5.94. The Labute approximate surface area is 137 Å².